The molecule has 0 fully saturated rings. The zero-order valence-corrected chi connectivity index (χ0v) is 14.9. The monoisotopic (exact) mass is 351 g/mol. The molecule has 0 spiro atoms. The molecule has 0 unspecified atom stereocenters. The number of guanidine groups is 1. The number of hydrogen-bond donors (Lipinski definition) is 2. The van der Waals surface area contributed by atoms with Crippen LogP contribution < -0.4 is 20.5 Å². The summed E-state index contributed by atoms with van der Waals surface area (Å²) >= 11 is 0. The zero-order chi connectivity index (χ0) is 18.3. The summed E-state index contributed by atoms with van der Waals surface area (Å²) in [6.07, 6.45) is -0.408. The molecule has 1 aromatic heterocycles. The van der Waals surface area contributed by atoms with Crippen molar-refractivity contribution in [1.82, 2.24) is 9.55 Å². The molecule has 2 aromatic carbocycles. The number of benzene rings is 2. The van der Waals surface area contributed by atoms with Gasteiger partial charge in [0.1, 0.15) is 0 Å². The number of hydrogen-bond acceptors (Lipinski definition) is 6. The number of nitrogens with zero attached hydrogens (tertiary/aromatic N) is 3. The van der Waals surface area contributed by atoms with E-state index in [0.717, 1.165) is 16.6 Å². The lowest BCUT2D eigenvalue weighted by Crippen LogP contribution is -2.31. The predicted molar refractivity (Wildman–Crippen MR) is 102 cm³/mol. The molecular weight excluding hydrogens is 330 g/mol. The Morgan fingerprint density at radius 1 is 1.15 bits per heavy atom. The third-order valence-corrected chi connectivity index (χ3v) is 4.20. The normalized spacial score (nSPS) is 16.2. The van der Waals surface area contributed by atoms with Crippen molar-refractivity contribution >= 4 is 22.9 Å². The van der Waals surface area contributed by atoms with Crippen molar-refractivity contribution in [3.05, 3.63) is 48.0 Å². The third kappa shape index (κ3) is 2.61. The number of rotatable bonds is 4. The number of ether oxygens (including phenoxy) is 2. The summed E-state index contributed by atoms with van der Waals surface area (Å²) in [4.78, 5) is 9.26. The lowest BCUT2D eigenvalue weighted by molar-refractivity contribution is 0.226. The first kappa shape index (κ1) is 16.3. The highest BCUT2D eigenvalue weighted by atomic mass is 16.5. The van der Waals surface area contributed by atoms with Crippen LogP contribution in [0.25, 0.3) is 11.0 Å². The molecule has 0 bridgehead atoms. The molecule has 0 saturated carbocycles. The van der Waals surface area contributed by atoms with Gasteiger partial charge in [0.15, 0.2) is 23.6 Å². The standard InChI is InChI=1S/C19H21N5O2/c1-11(2)26-16-12(7-6-10-15(16)25-3)17-22-18(20)23-19-21-13-8-4-5-9-14(13)24(17)19/h4-11,17H,1-3H3,(H3,20,21,22,23)/t17-/m1/s1. The summed E-state index contributed by atoms with van der Waals surface area (Å²) in [5, 5.41) is 3.05. The molecule has 2 heterocycles. The minimum absolute atomic E-state index is 0.00732. The molecule has 134 valence electrons. The third-order valence-electron chi connectivity index (χ3n) is 4.20. The number of anilines is 1. The second-order valence-corrected chi connectivity index (χ2v) is 6.35. The van der Waals surface area contributed by atoms with Crippen LogP contribution in [-0.4, -0.2) is 28.7 Å². The Balaban J connectivity index is 1.95. The van der Waals surface area contributed by atoms with Gasteiger partial charge in [0.05, 0.1) is 24.2 Å². The van der Waals surface area contributed by atoms with Gasteiger partial charge >= 0.3 is 0 Å². The first-order chi connectivity index (χ1) is 12.6. The summed E-state index contributed by atoms with van der Waals surface area (Å²) in [6, 6.07) is 13.7. The quantitative estimate of drug-likeness (QED) is 0.754. The van der Waals surface area contributed by atoms with E-state index >= 15 is 0 Å². The van der Waals surface area contributed by atoms with Gasteiger partial charge in [0.2, 0.25) is 5.95 Å². The molecule has 7 heteroatoms. The molecule has 0 saturated heterocycles. The van der Waals surface area contributed by atoms with Crippen molar-refractivity contribution < 1.29 is 9.47 Å². The molecule has 0 radical (unpaired) electrons. The fourth-order valence-corrected chi connectivity index (χ4v) is 3.18. The van der Waals surface area contributed by atoms with Crippen LogP contribution in [0, 0.1) is 0 Å². The summed E-state index contributed by atoms with van der Waals surface area (Å²) in [5.41, 5.74) is 8.74. The van der Waals surface area contributed by atoms with Crippen molar-refractivity contribution in [1.29, 1.82) is 0 Å². The van der Waals surface area contributed by atoms with Crippen molar-refractivity contribution in [3.8, 4) is 11.5 Å². The fraction of sp³-hybridized carbons (Fsp3) is 0.263. The largest absolute Gasteiger partial charge is 0.493 e. The Labute approximate surface area is 151 Å². The van der Waals surface area contributed by atoms with Gasteiger partial charge in [-0.25, -0.2) is 9.98 Å². The molecule has 26 heavy (non-hydrogen) atoms. The maximum Gasteiger partial charge on any atom is 0.212 e. The molecule has 1 aliphatic heterocycles. The second-order valence-electron chi connectivity index (χ2n) is 6.35. The first-order valence-electron chi connectivity index (χ1n) is 8.49. The highest BCUT2D eigenvalue weighted by Gasteiger charge is 2.28. The maximum absolute atomic E-state index is 6.07. The topological polar surface area (TPSA) is 86.7 Å². The Kier molecular flexibility index (Phi) is 3.91. The molecule has 4 rings (SSSR count). The van der Waals surface area contributed by atoms with Crippen LogP contribution in [0.1, 0.15) is 25.6 Å². The van der Waals surface area contributed by atoms with Gasteiger partial charge in [0.25, 0.3) is 0 Å². The van der Waals surface area contributed by atoms with Crippen LogP contribution in [0.2, 0.25) is 0 Å². The molecule has 0 aliphatic carbocycles. The van der Waals surface area contributed by atoms with E-state index in [1.807, 2.05) is 60.9 Å². The van der Waals surface area contributed by atoms with E-state index in [2.05, 4.69) is 15.3 Å². The van der Waals surface area contributed by atoms with Gasteiger partial charge in [-0.1, -0.05) is 24.3 Å². The van der Waals surface area contributed by atoms with Gasteiger partial charge in [-0.05, 0) is 32.0 Å². The predicted octanol–water partition coefficient (Wildman–Crippen LogP) is 3.12. The van der Waals surface area contributed by atoms with Crippen LogP contribution in [0.15, 0.2) is 47.5 Å². The SMILES string of the molecule is COc1cccc([C@@H]2N=C(N)Nc3nc4ccccc4n32)c1OC(C)C. The van der Waals surface area contributed by atoms with E-state index in [4.69, 9.17) is 15.2 Å². The number of aromatic nitrogens is 2. The summed E-state index contributed by atoms with van der Waals surface area (Å²) < 4.78 is 13.6. The lowest BCUT2D eigenvalue weighted by Gasteiger charge is -2.26. The lowest BCUT2D eigenvalue weighted by atomic mass is 10.1. The zero-order valence-electron chi connectivity index (χ0n) is 14.9. The van der Waals surface area contributed by atoms with E-state index in [1.165, 1.54) is 0 Å². The number of methoxy groups -OCH3 is 1. The summed E-state index contributed by atoms with van der Waals surface area (Å²) in [5.74, 6) is 2.30. The highest BCUT2D eigenvalue weighted by Crippen LogP contribution is 2.41. The number of fused-ring (bicyclic) bond motifs is 3. The van der Waals surface area contributed by atoms with E-state index in [-0.39, 0.29) is 6.10 Å². The average molecular weight is 351 g/mol. The molecule has 3 aromatic rings. The van der Waals surface area contributed by atoms with Crippen molar-refractivity contribution in [2.75, 3.05) is 12.4 Å². The Bertz CT molecular complexity index is 993. The Morgan fingerprint density at radius 3 is 2.73 bits per heavy atom. The van der Waals surface area contributed by atoms with Gasteiger partial charge in [-0.15, -0.1) is 0 Å². The van der Waals surface area contributed by atoms with E-state index in [1.54, 1.807) is 7.11 Å². The van der Waals surface area contributed by atoms with E-state index < -0.39 is 6.17 Å². The highest BCUT2D eigenvalue weighted by molar-refractivity contribution is 5.94. The molecule has 3 N–H and O–H groups in total. The van der Waals surface area contributed by atoms with Gasteiger partial charge in [-0.2, -0.15) is 0 Å². The first-order valence-corrected chi connectivity index (χ1v) is 8.49. The second kappa shape index (κ2) is 6.25. The van der Waals surface area contributed by atoms with E-state index in [9.17, 15) is 0 Å². The van der Waals surface area contributed by atoms with Crippen LogP contribution >= 0.6 is 0 Å². The van der Waals surface area contributed by atoms with Gasteiger partial charge in [0, 0.05) is 5.56 Å². The number of aliphatic imine (C=N–C) groups is 1. The number of nitrogens with two attached hydrogens (primary N) is 1. The van der Waals surface area contributed by atoms with Crippen molar-refractivity contribution in [2.45, 2.75) is 26.1 Å². The molecule has 1 aliphatic rings. The Morgan fingerprint density at radius 2 is 1.96 bits per heavy atom. The number of imidazole rings is 1. The Hall–Kier alpha value is -3.22. The maximum atomic E-state index is 6.07. The van der Waals surface area contributed by atoms with Gasteiger partial charge < -0.3 is 15.2 Å². The molecule has 0 amide bonds. The fourth-order valence-electron chi connectivity index (χ4n) is 3.18. The molecule has 7 nitrogen and oxygen atoms in total. The van der Waals surface area contributed by atoms with Crippen LogP contribution in [-0.2, 0) is 0 Å². The van der Waals surface area contributed by atoms with Crippen LogP contribution in [0.5, 0.6) is 11.5 Å². The number of para-hydroxylation sites is 3. The minimum Gasteiger partial charge on any atom is -0.493 e. The van der Waals surface area contributed by atoms with Crippen molar-refractivity contribution in [3.63, 3.8) is 0 Å². The smallest absolute Gasteiger partial charge is 0.212 e. The molecule has 1 atom stereocenters. The number of nitrogens with one attached hydrogen (secondary N) is 1. The van der Waals surface area contributed by atoms with Crippen LogP contribution in [0.4, 0.5) is 5.95 Å². The molecular formula is C19H21N5O2. The van der Waals surface area contributed by atoms with Crippen LogP contribution in [0.3, 0.4) is 0 Å². The average Bonchev–Trinajstić information content (AvgIpc) is 2.98. The summed E-state index contributed by atoms with van der Waals surface area (Å²) in [7, 11) is 1.63. The van der Waals surface area contributed by atoms with Gasteiger partial charge in [-0.3, -0.25) is 9.88 Å². The summed E-state index contributed by atoms with van der Waals surface area (Å²) in [6.45, 7) is 3.96. The van der Waals surface area contributed by atoms with Crippen molar-refractivity contribution in [2.24, 2.45) is 10.7 Å². The van der Waals surface area contributed by atoms with E-state index in [0.29, 0.717) is 23.4 Å². The minimum atomic E-state index is -0.400.